The van der Waals surface area contributed by atoms with Crippen LogP contribution in [0.2, 0.25) is 0 Å². The molecule has 6 heteroatoms. The lowest BCUT2D eigenvalue weighted by Gasteiger charge is -2.06. The van der Waals surface area contributed by atoms with E-state index < -0.39 is 10.8 Å². The van der Waals surface area contributed by atoms with Gasteiger partial charge < -0.3 is 11.1 Å². The summed E-state index contributed by atoms with van der Waals surface area (Å²) >= 11 is 3.31. The molecule has 0 aliphatic rings. The van der Waals surface area contributed by atoms with Crippen LogP contribution in [0.25, 0.3) is 0 Å². The van der Waals surface area contributed by atoms with Gasteiger partial charge in [-0.3, -0.25) is 9.00 Å². The lowest BCUT2D eigenvalue weighted by molar-refractivity contribution is -0.113. The number of rotatable bonds is 4. The molecule has 0 aliphatic carbocycles. The molecule has 0 heterocycles. The maximum absolute atomic E-state index is 12.1. The third-order valence-electron chi connectivity index (χ3n) is 2.49. The molecule has 0 bridgehead atoms. The number of nitrogens with one attached hydrogen (secondary N) is 1. The summed E-state index contributed by atoms with van der Waals surface area (Å²) in [5.74, 6) is -0.403. The summed E-state index contributed by atoms with van der Waals surface area (Å²) in [7, 11) is -1.38. The number of nitrogen functional groups attached to an aromatic ring is 1. The normalized spacial score (nSPS) is 11.8. The van der Waals surface area contributed by atoms with Crippen LogP contribution in [0, 0.1) is 0 Å². The number of benzene rings is 2. The van der Waals surface area contributed by atoms with Crippen molar-refractivity contribution >= 4 is 44.0 Å². The highest BCUT2D eigenvalue weighted by atomic mass is 79.9. The largest absolute Gasteiger partial charge is 0.399 e. The molecule has 0 aromatic heterocycles. The summed E-state index contributed by atoms with van der Waals surface area (Å²) in [6.45, 7) is 0. The van der Waals surface area contributed by atoms with Crippen LogP contribution in [-0.4, -0.2) is 15.9 Å². The van der Waals surface area contributed by atoms with Gasteiger partial charge in [0.15, 0.2) is 0 Å². The van der Waals surface area contributed by atoms with Crippen LogP contribution in [0.3, 0.4) is 0 Å². The second kappa shape index (κ2) is 6.67. The average molecular weight is 353 g/mol. The monoisotopic (exact) mass is 352 g/mol. The maximum atomic E-state index is 12.1. The zero-order valence-corrected chi connectivity index (χ0v) is 12.9. The van der Waals surface area contributed by atoms with Gasteiger partial charge in [-0.1, -0.05) is 28.1 Å². The number of carbonyl (C=O) groups excluding carboxylic acids is 1. The Kier molecular flexibility index (Phi) is 4.92. The Labute approximate surface area is 128 Å². The Balaban J connectivity index is 1.99. The van der Waals surface area contributed by atoms with Gasteiger partial charge in [0, 0.05) is 20.7 Å². The summed E-state index contributed by atoms with van der Waals surface area (Å²) in [6, 6.07) is 14.0. The minimum Gasteiger partial charge on any atom is -0.399 e. The van der Waals surface area contributed by atoms with Crippen molar-refractivity contribution in [3.63, 3.8) is 0 Å². The molecule has 1 atom stereocenters. The third-order valence-corrected chi connectivity index (χ3v) is 4.29. The van der Waals surface area contributed by atoms with Gasteiger partial charge in [-0.05, 0) is 36.4 Å². The number of nitrogens with two attached hydrogens (primary N) is 1. The number of carbonyl (C=O) groups is 1. The van der Waals surface area contributed by atoms with Gasteiger partial charge in [-0.2, -0.15) is 0 Å². The van der Waals surface area contributed by atoms with Crippen molar-refractivity contribution < 1.29 is 9.00 Å². The molecule has 3 N–H and O–H groups in total. The van der Waals surface area contributed by atoms with Gasteiger partial charge in [0.1, 0.15) is 5.75 Å². The molecule has 0 radical (unpaired) electrons. The van der Waals surface area contributed by atoms with Crippen LogP contribution < -0.4 is 11.1 Å². The Morgan fingerprint density at radius 3 is 2.65 bits per heavy atom. The highest BCUT2D eigenvalue weighted by molar-refractivity contribution is 9.10. The highest BCUT2D eigenvalue weighted by Crippen LogP contribution is 2.16. The molecule has 0 fully saturated rings. The van der Waals surface area contributed by atoms with Crippen molar-refractivity contribution in [3.8, 4) is 0 Å². The first kappa shape index (κ1) is 14.7. The molecule has 2 aromatic rings. The Morgan fingerprint density at radius 1 is 1.20 bits per heavy atom. The molecular formula is C14H13BrN2O2S. The summed E-state index contributed by atoms with van der Waals surface area (Å²) in [4.78, 5) is 12.4. The predicted molar refractivity (Wildman–Crippen MR) is 84.9 cm³/mol. The van der Waals surface area contributed by atoms with E-state index in [-0.39, 0.29) is 11.7 Å². The molecule has 1 amide bonds. The minimum absolute atomic E-state index is 0.0920. The van der Waals surface area contributed by atoms with Gasteiger partial charge in [-0.15, -0.1) is 0 Å². The SMILES string of the molecule is Nc1cccc(NC(=O)CS(=O)c2cccc(Br)c2)c1. The van der Waals surface area contributed by atoms with E-state index in [1.807, 2.05) is 6.07 Å². The van der Waals surface area contributed by atoms with Gasteiger partial charge >= 0.3 is 0 Å². The minimum atomic E-state index is -1.38. The standard InChI is InChI=1S/C14H13BrN2O2S/c15-10-3-1-6-13(7-10)20(19)9-14(18)17-12-5-2-4-11(16)8-12/h1-8H,9,16H2,(H,17,18). The van der Waals surface area contributed by atoms with Gasteiger partial charge in [0.25, 0.3) is 0 Å². The van der Waals surface area contributed by atoms with E-state index in [1.54, 1.807) is 42.5 Å². The number of hydrogen-bond donors (Lipinski definition) is 2. The van der Waals surface area contributed by atoms with Crippen molar-refractivity contribution in [2.45, 2.75) is 4.90 Å². The van der Waals surface area contributed by atoms with Crippen LogP contribution in [-0.2, 0) is 15.6 Å². The number of hydrogen-bond acceptors (Lipinski definition) is 3. The van der Waals surface area contributed by atoms with Crippen molar-refractivity contribution in [2.75, 3.05) is 16.8 Å². The fourth-order valence-electron chi connectivity index (χ4n) is 1.62. The number of halogens is 1. The van der Waals surface area contributed by atoms with Crippen LogP contribution >= 0.6 is 15.9 Å². The van der Waals surface area contributed by atoms with E-state index in [4.69, 9.17) is 5.73 Å². The molecule has 20 heavy (non-hydrogen) atoms. The van der Waals surface area contributed by atoms with Crippen molar-refractivity contribution in [1.29, 1.82) is 0 Å². The van der Waals surface area contributed by atoms with Crippen LogP contribution in [0.5, 0.6) is 0 Å². The Bertz CT molecular complexity index is 661. The summed E-state index contributed by atoms with van der Waals surface area (Å²) in [6.07, 6.45) is 0. The Hall–Kier alpha value is -1.66. The molecule has 4 nitrogen and oxygen atoms in total. The smallest absolute Gasteiger partial charge is 0.237 e. The van der Waals surface area contributed by atoms with Crippen molar-refractivity contribution in [1.82, 2.24) is 0 Å². The van der Waals surface area contributed by atoms with E-state index >= 15 is 0 Å². The lowest BCUT2D eigenvalue weighted by Crippen LogP contribution is -2.19. The lowest BCUT2D eigenvalue weighted by atomic mass is 10.3. The third kappa shape index (κ3) is 4.18. The summed E-state index contributed by atoms with van der Waals surface area (Å²) in [5.41, 5.74) is 6.79. The summed E-state index contributed by atoms with van der Waals surface area (Å²) in [5, 5.41) is 2.67. The summed E-state index contributed by atoms with van der Waals surface area (Å²) < 4.78 is 12.9. The predicted octanol–water partition coefficient (Wildman–Crippen LogP) is 2.78. The highest BCUT2D eigenvalue weighted by Gasteiger charge is 2.10. The van der Waals surface area contributed by atoms with E-state index in [2.05, 4.69) is 21.2 Å². The molecule has 1 unspecified atom stereocenters. The second-order valence-electron chi connectivity index (χ2n) is 4.12. The first-order chi connectivity index (χ1) is 9.54. The second-order valence-corrected chi connectivity index (χ2v) is 6.49. The van der Waals surface area contributed by atoms with Gasteiger partial charge in [0.05, 0.1) is 10.8 Å². The van der Waals surface area contributed by atoms with Crippen molar-refractivity contribution in [2.24, 2.45) is 0 Å². The molecule has 0 spiro atoms. The first-order valence-electron chi connectivity index (χ1n) is 5.84. The van der Waals surface area contributed by atoms with Crippen molar-refractivity contribution in [3.05, 3.63) is 53.0 Å². The first-order valence-corrected chi connectivity index (χ1v) is 7.95. The van der Waals surface area contributed by atoms with Crippen LogP contribution in [0.15, 0.2) is 57.9 Å². The molecule has 2 rings (SSSR count). The molecule has 104 valence electrons. The fraction of sp³-hybridized carbons (Fsp3) is 0.0714. The van der Waals surface area contributed by atoms with E-state index in [9.17, 15) is 9.00 Å². The fourth-order valence-corrected chi connectivity index (χ4v) is 3.14. The van der Waals surface area contributed by atoms with Gasteiger partial charge in [-0.25, -0.2) is 0 Å². The van der Waals surface area contributed by atoms with Crippen LogP contribution in [0.4, 0.5) is 11.4 Å². The average Bonchev–Trinajstić information content (AvgIpc) is 2.38. The van der Waals surface area contributed by atoms with Crippen LogP contribution in [0.1, 0.15) is 0 Å². The van der Waals surface area contributed by atoms with Gasteiger partial charge in [0.2, 0.25) is 5.91 Å². The molecule has 0 saturated carbocycles. The maximum Gasteiger partial charge on any atom is 0.237 e. The molecular weight excluding hydrogens is 340 g/mol. The molecule has 0 saturated heterocycles. The van der Waals surface area contributed by atoms with E-state index in [0.29, 0.717) is 16.3 Å². The number of anilines is 2. The quantitative estimate of drug-likeness (QED) is 0.831. The molecule has 2 aromatic carbocycles. The zero-order valence-electron chi connectivity index (χ0n) is 10.5. The molecule has 0 aliphatic heterocycles. The zero-order chi connectivity index (χ0) is 14.5. The van der Waals surface area contributed by atoms with E-state index in [0.717, 1.165) is 4.47 Å². The number of amides is 1. The Morgan fingerprint density at radius 2 is 1.95 bits per heavy atom. The van der Waals surface area contributed by atoms with E-state index in [1.165, 1.54) is 0 Å². The topological polar surface area (TPSA) is 72.2 Å².